The van der Waals surface area contributed by atoms with Crippen LogP contribution in [0.1, 0.15) is 37.4 Å². The van der Waals surface area contributed by atoms with E-state index in [0.717, 1.165) is 17.8 Å². The van der Waals surface area contributed by atoms with Crippen LogP contribution in [-0.2, 0) is 4.79 Å². The summed E-state index contributed by atoms with van der Waals surface area (Å²) >= 11 is 0. The lowest BCUT2D eigenvalue weighted by Crippen LogP contribution is -2.57. The third kappa shape index (κ3) is 4.26. The molecule has 8 heteroatoms. The molecule has 4 rings (SSSR count). The molecular weight excluding hydrogens is 409 g/mol. The van der Waals surface area contributed by atoms with Gasteiger partial charge in [-0.2, -0.15) is 5.26 Å². The molecule has 2 bridgehead atoms. The third-order valence-corrected chi connectivity index (χ3v) is 6.61. The van der Waals surface area contributed by atoms with Crippen LogP contribution in [0.2, 0.25) is 0 Å². The molecule has 0 saturated carbocycles. The van der Waals surface area contributed by atoms with Gasteiger partial charge in [-0.3, -0.25) is 4.79 Å². The molecule has 1 N–H and O–H groups in total. The predicted octanol–water partition coefficient (Wildman–Crippen LogP) is 2.88. The molecule has 168 valence electrons. The maximum atomic E-state index is 13.5. The Bertz CT molecular complexity index is 1020. The Morgan fingerprint density at radius 2 is 2.19 bits per heavy atom. The second kappa shape index (κ2) is 9.13. The van der Waals surface area contributed by atoms with E-state index in [4.69, 9.17) is 10.00 Å². The number of anilines is 1. The minimum Gasteiger partial charge on any atom is -0.496 e. The largest absolute Gasteiger partial charge is 0.496 e. The van der Waals surface area contributed by atoms with Gasteiger partial charge in [0.25, 0.3) is 0 Å². The number of carbonyl (C=O) groups excluding carboxylic acids is 1. The zero-order chi connectivity index (χ0) is 22.8. The fourth-order valence-electron chi connectivity index (χ4n) is 4.90. The first kappa shape index (κ1) is 22.0. The van der Waals surface area contributed by atoms with Crippen molar-refractivity contribution in [1.82, 2.24) is 15.2 Å². The number of ether oxygens (including phenoxy) is 1. The summed E-state index contributed by atoms with van der Waals surface area (Å²) in [5, 5.41) is 12.3. The van der Waals surface area contributed by atoms with Crippen molar-refractivity contribution >= 4 is 11.7 Å². The molecule has 32 heavy (non-hydrogen) atoms. The van der Waals surface area contributed by atoms with Crippen LogP contribution in [0.5, 0.6) is 5.75 Å². The number of amides is 1. The maximum absolute atomic E-state index is 13.5. The van der Waals surface area contributed by atoms with Crippen LogP contribution in [0.25, 0.3) is 0 Å². The lowest BCUT2D eigenvalue weighted by molar-refractivity contribution is -0.131. The minimum atomic E-state index is -0.354. The molecule has 2 aliphatic rings. The van der Waals surface area contributed by atoms with Crippen LogP contribution in [0.3, 0.4) is 0 Å². The van der Waals surface area contributed by atoms with E-state index >= 15 is 0 Å². The molecule has 1 amide bonds. The van der Waals surface area contributed by atoms with Crippen LogP contribution in [0.15, 0.2) is 36.5 Å². The van der Waals surface area contributed by atoms with E-state index in [-0.39, 0.29) is 36.4 Å². The number of piperazine rings is 1. The molecule has 4 atom stereocenters. The standard InChI is InChI=1S/C24H28FN5O2/c1-15-8-19-13-29(14-21(15)30(19)23-7-4-17(10-26)11-28-23)24(31)12-27-16(2)20-6-5-18(25)9-22(20)32-3/h4-7,9,11,15-16,19,21,27H,8,12-14H2,1-3H3. The molecule has 2 aliphatic heterocycles. The summed E-state index contributed by atoms with van der Waals surface area (Å²) in [6.07, 6.45) is 2.61. The van der Waals surface area contributed by atoms with Crippen molar-refractivity contribution in [2.75, 3.05) is 31.6 Å². The fourth-order valence-corrected chi connectivity index (χ4v) is 4.90. The summed E-state index contributed by atoms with van der Waals surface area (Å²) in [5.41, 5.74) is 1.35. The molecule has 2 fully saturated rings. The van der Waals surface area contributed by atoms with Crippen molar-refractivity contribution in [3.05, 3.63) is 53.5 Å². The summed E-state index contributed by atoms with van der Waals surface area (Å²) in [6, 6.07) is 10.5. The van der Waals surface area contributed by atoms with Crippen molar-refractivity contribution in [1.29, 1.82) is 5.26 Å². The highest BCUT2D eigenvalue weighted by Gasteiger charge is 2.45. The molecule has 1 aromatic heterocycles. The number of nitriles is 1. The van der Waals surface area contributed by atoms with Crippen LogP contribution in [-0.4, -0.2) is 54.6 Å². The zero-order valence-corrected chi connectivity index (χ0v) is 18.6. The van der Waals surface area contributed by atoms with Gasteiger partial charge >= 0.3 is 0 Å². The first-order valence-corrected chi connectivity index (χ1v) is 10.9. The van der Waals surface area contributed by atoms with E-state index in [0.29, 0.717) is 30.3 Å². The normalized spacial score (nSPS) is 23.0. The van der Waals surface area contributed by atoms with Gasteiger partial charge in [-0.15, -0.1) is 0 Å². The molecule has 2 aromatic rings. The Hall–Kier alpha value is -3.18. The molecule has 3 heterocycles. The minimum absolute atomic E-state index is 0.0504. The number of carbonyl (C=O) groups is 1. The highest BCUT2D eigenvalue weighted by molar-refractivity contribution is 5.79. The van der Waals surface area contributed by atoms with Gasteiger partial charge in [-0.05, 0) is 37.5 Å². The molecular formula is C24H28FN5O2. The summed E-state index contributed by atoms with van der Waals surface area (Å²) < 4.78 is 18.8. The molecule has 0 spiro atoms. The van der Waals surface area contributed by atoms with Gasteiger partial charge in [-0.25, -0.2) is 9.37 Å². The van der Waals surface area contributed by atoms with Gasteiger partial charge in [-0.1, -0.05) is 13.0 Å². The van der Waals surface area contributed by atoms with E-state index in [2.05, 4.69) is 28.2 Å². The summed E-state index contributed by atoms with van der Waals surface area (Å²) in [5.74, 6) is 1.48. The highest BCUT2D eigenvalue weighted by atomic mass is 19.1. The average Bonchev–Trinajstić information content (AvgIpc) is 3.00. The van der Waals surface area contributed by atoms with Gasteiger partial charge in [0.15, 0.2) is 0 Å². The Balaban J connectivity index is 1.39. The number of methoxy groups -OCH3 is 1. The fraction of sp³-hybridized carbons (Fsp3) is 0.458. The second-order valence-corrected chi connectivity index (χ2v) is 8.65. The van der Waals surface area contributed by atoms with Gasteiger partial charge in [0.1, 0.15) is 23.5 Å². The summed E-state index contributed by atoms with van der Waals surface area (Å²) in [7, 11) is 1.51. The van der Waals surface area contributed by atoms with Crippen molar-refractivity contribution in [2.45, 2.75) is 38.4 Å². The predicted molar refractivity (Wildman–Crippen MR) is 119 cm³/mol. The van der Waals surface area contributed by atoms with E-state index in [1.807, 2.05) is 17.9 Å². The Labute approximate surface area is 187 Å². The third-order valence-electron chi connectivity index (χ3n) is 6.61. The number of likely N-dealkylation sites (tertiary alicyclic amines) is 1. The number of halogens is 1. The monoisotopic (exact) mass is 437 g/mol. The van der Waals surface area contributed by atoms with E-state index in [9.17, 15) is 9.18 Å². The van der Waals surface area contributed by atoms with Crippen LogP contribution in [0, 0.1) is 23.1 Å². The Kier molecular flexibility index (Phi) is 6.28. The number of fused-ring (bicyclic) bond motifs is 2. The van der Waals surface area contributed by atoms with Crippen molar-refractivity contribution in [2.24, 2.45) is 5.92 Å². The average molecular weight is 438 g/mol. The number of hydrogen-bond acceptors (Lipinski definition) is 6. The lowest BCUT2D eigenvalue weighted by Gasteiger charge is -2.42. The molecule has 4 unspecified atom stereocenters. The molecule has 0 aliphatic carbocycles. The Morgan fingerprint density at radius 3 is 2.84 bits per heavy atom. The number of pyridine rings is 1. The number of nitrogens with zero attached hydrogens (tertiary/aromatic N) is 4. The number of aromatic nitrogens is 1. The van der Waals surface area contributed by atoms with Crippen LogP contribution in [0.4, 0.5) is 10.2 Å². The van der Waals surface area contributed by atoms with Gasteiger partial charge in [0, 0.05) is 43.0 Å². The number of hydrogen-bond donors (Lipinski definition) is 1. The van der Waals surface area contributed by atoms with Crippen LogP contribution < -0.4 is 15.0 Å². The summed E-state index contributed by atoms with van der Waals surface area (Å²) in [4.78, 5) is 21.7. The molecule has 2 saturated heterocycles. The first-order chi connectivity index (χ1) is 15.4. The van der Waals surface area contributed by atoms with Crippen LogP contribution >= 0.6 is 0 Å². The lowest BCUT2D eigenvalue weighted by atomic mass is 10.0. The highest BCUT2D eigenvalue weighted by Crippen LogP contribution is 2.37. The quantitative estimate of drug-likeness (QED) is 0.749. The Morgan fingerprint density at radius 1 is 1.38 bits per heavy atom. The van der Waals surface area contributed by atoms with E-state index in [1.54, 1.807) is 18.3 Å². The molecule has 7 nitrogen and oxygen atoms in total. The first-order valence-electron chi connectivity index (χ1n) is 10.9. The topological polar surface area (TPSA) is 81.5 Å². The maximum Gasteiger partial charge on any atom is 0.236 e. The SMILES string of the molecule is COc1cc(F)ccc1C(C)NCC(=O)N1CC2CC(C)C(C1)N2c1ccc(C#N)cn1. The second-order valence-electron chi connectivity index (χ2n) is 8.65. The smallest absolute Gasteiger partial charge is 0.236 e. The van der Waals surface area contributed by atoms with Gasteiger partial charge in [0.05, 0.1) is 25.3 Å². The zero-order valence-electron chi connectivity index (χ0n) is 18.6. The van der Waals surface area contributed by atoms with Crippen molar-refractivity contribution < 1.29 is 13.9 Å². The summed E-state index contributed by atoms with van der Waals surface area (Å²) in [6.45, 7) is 5.65. The van der Waals surface area contributed by atoms with Gasteiger partial charge in [0.2, 0.25) is 5.91 Å². The van der Waals surface area contributed by atoms with Gasteiger partial charge < -0.3 is 19.9 Å². The van der Waals surface area contributed by atoms with E-state index in [1.165, 1.54) is 19.2 Å². The van der Waals surface area contributed by atoms with Crippen molar-refractivity contribution in [3.8, 4) is 11.8 Å². The molecule has 0 radical (unpaired) electrons. The van der Waals surface area contributed by atoms with E-state index < -0.39 is 0 Å². The number of benzene rings is 1. The van der Waals surface area contributed by atoms with Crippen molar-refractivity contribution in [3.63, 3.8) is 0 Å². The number of rotatable bonds is 6. The number of nitrogens with one attached hydrogen (secondary N) is 1. The molecule has 1 aromatic carbocycles.